The minimum absolute atomic E-state index is 0.567. The van der Waals surface area contributed by atoms with Crippen LogP contribution in [0.15, 0.2) is 76.2 Å². The molecule has 170 valence electrons. The Hall–Kier alpha value is -1.88. The van der Waals surface area contributed by atoms with E-state index < -0.39 is 0 Å². The first-order chi connectivity index (χ1) is 15.0. The summed E-state index contributed by atoms with van der Waals surface area (Å²) >= 11 is 6.25. The maximum Gasteiger partial charge on any atom is 0.152 e. The minimum atomic E-state index is 0.567. The summed E-state index contributed by atoms with van der Waals surface area (Å²) in [6, 6.07) is 0. The molecular weight excluding hydrogens is 406 g/mol. The zero-order valence-corrected chi connectivity index (χ0v) is 20.3. The van der Waals surface area contributed by atoms with Crippen molar-refractivity contribution in [2.75, 3.05) is 40.0 Å². The third-order valence-electron chi connectivity index (χ3n) is 5.48. The summed E-state index contributed by atoms with van der Waals surface area (Å²) in [5, 5.41) is 0.700. The summed E-state index contributed by atoms with van der Waals surface area (Å²) in [5.74, 6) is 0.820. The summed E-state index contributed by atoms with van der Waals surface area (Å²) in [4.78, 5) is 8.93. The largest absolute Gasteiger partial charge is 0.476 e. The molecule has 0 spiro atoms. The predicted molar refractivity (Wildman–Crippen MR) is 134 cm³/mol. The van der Waals surface area contributed by atoms with Crippen molar-refractivity contribution in [1.82, 2.24) is 9.80 Å². The molecule has 0 unspecified atom stereocenters. The maximum absolute atomic E-state index is 6.25. The lowest BCUT2D eigenvalue weighted by molar-refractivity contribution is 0.0881. The van der Waals surface area contributed by atoms with E-state index in [0.717, 1.165) is 42.0 Å². The van der Waals surface area contributed by atoms with Crippen molar-refractivity contribution in [2.24, 2.45) is 4.99 Å². The monoisotopic (exact) mass is 443 g/mol. The van der Waals surface area contributed by atoms with Crippen LogP contribution < -0.4 is 0 Å². The van der Waals surface area contributed by atoms with Gasteiger partial charge < -0.3 is 4.74 Å². The van der Waals surface area contributed by atoms with E-state index in [-0.39, 0.29) is 0 Å². The van der Waals surface area contributed by atoms with Gasteiger partial charge in [0.1, 0.15) is 12.4 Å². The lowest BCUT2D eigenvalue weighted by atomic mass is 9.96. The van der Waals surface area contributed by atoms with E-state index >= 15 is 0 Å². The highest BCUT2D eigenvalue weighted by atomic mass is 35.5. The molecule has 0 radical (unpaired) electrons. The van der Waals surface area contributed by atoms with Gasteiger partial charge in [0.15, 0.2) is 5.76 Å². The Bertz CT molecular complexity index is 782. The van der Waals surface area contributed by atoms with Gasteiger partial charge in [0.25, 0.3) is 0 Å². The number of nitrogens with zero attached hydrogens (tertiary/aromatic N) is 3. The van der Waals surface area contributed by atoms with Crippen molar-refractivity contribution >= 4 is 17.3 Å². The van der Waals surface area contributed by atoms with Crippen LogP contribution in [0.2, 0.25) is 0 Å². The quantitative estimate of drug-likeness (QED) is 0.360. The van der Waals surface area contributed by atoms with Crippen LogP contribution in [0.3, 0.4) is 0 Å². The third-order valence-corrected chi connectivity index (χ3v) is 5.80. The molecule has 1 fully saturated rings. The third kappa shape index (κ3) is 7.95. The number of likely N-dealkylation sites (tertiary alicyclic amines) is 1. The first kappa shape index (κ1) is 25.4. The van der Waals surface area contributed by atoms with E-state index in [9.17, 15) is 0 Å². The summed E-state index contributed by atoms with van der Waals surface area (Å²) < 4.78 is 5.72. The fourth-order valence-electron chi connectivity index (χ4n) is 3.95. The number of allylic oxidation sites excluding steroid dienone is 5. The van der Waals surface area contributed by atoms with Crippen LogP contribution in [-0.2, 0) is 4.74 Å². The second-order valence-corrected chi connectivity index (χ2v) is 8.66. The Morgan fingerprint density at radius 3 is 2.61 bits per heavy atom. The molecule has 0 saturated carbocycles. The molecule has 1 aliphatic carbocycles. The van der Waals surface area contributed by atoms with Gasteiger partial charge in [0.05, 0.1) is 5.03 Å². The molecule has 0 aromatic carbocycles. The molecule has 0 N–H and O–H groups in total. The van der Waals surface area contributed by atoms with Crippen LogP contribution in [0.25, 0.3) is 0 Å². The van der Waals surface area contributed by atoms with Gasteiger partial charge in [-0.3, -0.25) is 14.8 Å². The van der Waals surface area contributed by atoms with Gasteiger partial charge in [-0.2, -0.15) is 0 Å². The normalized spacial score (nSPS) is 23.0. The lowest BCUT2D eigenvalue weighted by Crippen LogP contribution is -2.33. The fourth-order valence-corrected chi connectivity index (χ4v) is 4.28. The van der Waals surface area contributed by atoms with Crippen LogP contribution in [0.4, 0.5) is 0 Å². The fraction of sp³-hybridized carbons (Fsp3) is 0.500. The van der Waals surface area contributed by atoms with E-state index in [1.54, 1.807) is 0 Å². The van der Waals surface area contributed by atoms with Gasteiger partial charge in [0, 0.05) is 30.4 Å². The van der Waals surface area contributed by atoms with Crippen LogP contribution in [-0.4, -0.2) is 55.5 Å². The smallest absolute Gasteiger partial charge is 0.152 e. The van der Waals surface area contributed by atoms with Gasteiger partial charge in [-0.1, -0.05) is 48.4 Å². The zero-order chi connectivity index (χ0) is 22.6. The van der Waals surface area contributed by atoms with E-state index in [2.05, 4.69) is 40.9 Å². The highest BCUT2D eigenvalue weighted by Gasteiger charge is 2.28. The molecule has 0 aromatic heterocycles. The van der Waals surface area contributed by atoms with Gasteiger partial charge >= 0.3 is 0 Å². The Kier molecular flexibility index (Phi) is 11.1. The number of unbranched alkanes of at least 4 members (excludes halogenated alkanes) is 1. The molecule has 3 aliphatic rings. The SMILES string of the molecule is C=CCC/C=C(\C)CN1CCCCC1.C=CN=C1C2=C(C=C(Cl)/C1=C/C)CN(C)CO2. The van der Waals surface area contributed by atoms with Gasteiger partial charge in [-0.15, -0.1) is 6.58 Å². The van der Waals surface area contributed by atoms with Crippen LogP contribution in [0.5, 0.6) is 0 Å². The molecule has 4 nitrogen and oxygen atoms in total. The Morgan fingerprint density at radius 2 is 1.97 bits per heavy atom. The number of ether oxygens (including phenoxy) is 1. The Labute approximate surface area is 194 Å². The maximum atomic E-state index is 6.25. The number of hydrogen-bond acceptors (Lipinski definition) is 4. The van der Waals surface area contributed by atoms with Crippen molar-refractivity contribution in [3.63, 3.8) is 0 Å². The second kappa shape index (κ2) is 13.5. The Morgan fingerprint density at radius 1 is 1.23 bits per heavy atom. The number of piperidine rings is 1. The molecule has 1 saturated heterocycles. The first-order valence-electron chi connectivity index (χ1n) is 11.3. The molecule has 0 amide bonds. The van der Waals surface area contributed by atoms with Gasteiger partial charge in [0.2, 0.25) is 0 Å². The van der Waals surface area contributed by atoms with E-state index in [1.807, 2.05) is 32.2 Å². The number of aliphatic imine (C=N–C) groups is 1. The average Bonchev–Trinajstić information content (AvgIpc) is 2.75. The van der Waals surface area contributed by atoms with E-state index in [1.165, 1.54) is 50.7 Å². The lowest BCUT2D eigenvalue weighted by Gasteiger charge is -2.30. The second-order valence-electron chi connectivity index (χ2n) is 8.25. The highest BCUT2D eigenvalue weighted by molar-refractivity contribution is 6.38. The number of rotatable bonds is 6. The van der Waals surface area contributed by atoms with Crippen LogP contribution >= 0.6 is 11.6 Å². The predicted octanol–water partition coefficient (Wildman–Crippen LogP) is 6.21. The minimum Gasteiger partial charge on any atom is -0.476 e. The molecule has 31 heavy (non-hydrogen) atoms. The molecule has 5 heteroatoms. The Balaban J connectivity index is 0.000000225. The van der Waals surface area contributed by atoms with E-state index in [0.29, 0.717) is 11.8 Å². The molecular formula is C26H38ClN3O. The van der Waals surface area contributed by atoms with Crippen molar-refractivity contribution in [3.8, 4) is 0 Å². The van der Waals surface area contributed by atoms with Crippen LogP contribution in [0.1, 0.15) is 46.0 Å². The zero-order valence-electron chi connectivity index (χ0n) is 19.5. The molecule has 0 aromatic rings. The molecule has 0 bridgehead atoms. The van der Waals surface area contributed by atoms with Crippen LogP contribution in [0, 0.1) is 0 Å². The summed E-state index contributed by atoms with van der Waals surface area (Å²) in [5.41, 5.74) is 4.26. The summed E-state index contributed by atoms with van der Waals surface area (Å²) in [7, 11) is 2.00. The molecule has 0 atom stereocenters. The average molecular weight is 444 g/mol. The summed E-state index contributed by atoms with van der Waals surface area (Å²) in [6.45, 7) is 16.7. The molecule has 2 heterocycles. The molecule has 2 aliphatic heterocycles. The molecule has 3 rings (SSSR count). The van der Waals surface area contributed by atoms with Crippen molar-refractivity contribution in [1.29, 1.82) is 0 Å². The van der Waals surface area contributed by atoms with Crippen molar-refractivity contribution in [3.05, 3.63) is 71.2 Å². The topological polar surface area (TPSA) is 28.1 Å². The first-order valence-corrected chi connectivity index (χ1v) is 11.6. The highest BCUT2D eigenvalue weighted by Crippen LogP contribution is 2.32. The standard InChI is InChI=1S/C13H15ClN2O.C13H23N/c1-4-10-11(14)6-9-7-16(3)8-17-13(9)12(10)15-5-2;1-3-4-6-9-13(2)12-14-10-7-5-8-11-14/h4-6H,2,7-8H2,1,3H3;3,9H,1,4-8,10-12H2,2H3/b10-4-,15-12?;13-9+. The van der Waals surface area contributed by atoms with Crippen molar-refractivity contribution < 1.29 is 4.74 Å². The number of hydrogen-bond donors (Lipinski definition) is 0. The van der Waals surface area contributed by atoms with Gasteiger partial charge in [-0.25, -0.2) is 0 Å². The number of halogens is 1. The van der Waals surface area contributed by atoms with E-state index in [4.69, 9.17) is 16.3 Å². The van der Waals surface area contributed by atoms with Gasteiger partial charge in [-0.05, 0) is 65.7 Å². The number of likely N-dealkylation sites (N-methyl/N-ethyl adjacent to an activating group) is 1. The van der Waals surface area contributed by atoms with Crippen molar-refractivity contribution in [2.45, 2.75) is 46.0 Å². The summed E-state index contributed by atoms with van der Waals surface area (Å²) in [6.07, 6.45) is 16.2.